The van der Waals surface area contributed by atoms with Crippen LogP contribution >= 0.6 is 11.3 Å². The van der Waals surface area contributed by atoms with Crippen LogP contribution in [0.15, 0.2) is 72.1 Å². The molecule has 0 aliphatic rings. The van der Waals surface area contributed by atoms with Crippen LogP contribution in [0, 0.1) is 6.92 Å². The molecule has 0 aliphatic heterocycles. The fraction of sp³-hybridized carbons (Fsp3) is 0.261. The maximum absolute atomic E-state index is 12.6. The van der Waals surface area contributed by atoms with Crippen molar-refractivity contribution in [2.75, 3.05) is 26.7 Å². The lowest BCUT2D eigenvalue weighted by Gasteiger charge is -2.21. The van der Waals surface area contributed by atoms with E-state index in [-0.39, 0.29) is 11.9 Å². The molecule has 0 aliphatic carbocycles. The number of hydrogen-bond donors (Lipinski definition) is 1. The summed E-state index contributed by atoms with van der Waals surface area (Å²) in [4.78, 5) is 15.7. The zero-order valence-electron chi connectivity index (χ0n) is 16.3. The minimum absolute atomic E-state index is 0.00110. The van der Waals surface area contributed by atoms with Gasteiger partial charge in [-0.2, -0.15) is 0 Å². The van der Waals surface area contributed by atoms with E-state index in [4.69, 9.17) is 4.74 Å². The first-order valence-electron chi connectivity index (χ1n) is 9.37. The number of aryl methyl sites for hydroxylation is 1. The summed E-state index contributed by atoms with van der Waals surface area (Å²) < 4.78 is 5.71. The number of thiophene rings is 1. The Morgan fingerprint density at radius 2 is 1.82 bits per heavy atom. The number of para-hydroxylation sites is 1. The highest BCUT2D eigenvalue weighted by atomic mass is 32.1. The molecule has 0 radical (unpaired) electrons. The van der Waals surface area contributed by atoms with Gasteiger partial charge in [-0.25, -0.2) is 0 Å². The van der Waals surface area contributed by atoms with E-state index in [1.165, 1.54) is 5.56 Å². The molecule has 2 aromatic carbocycles. The summed E-state index contributed by atoms with van der Waals surface area (Å²) in [5, 5.41) is 5.22. The number of carbonyl (C=O) groups excluding carboxylic acids is 1. The molecule has 0 saturated heterocycles. The predicted molar refractivity (Wildman–Crippen MR) is 115 cm³/mol. The lowest BCUT2D eigenvalue weighted by Crippen LogP contribution is -2.38. The first kappa shape index (κ1) is 20.1. The number of ether oxygens (including phenoxy) is 1. The molecular formula is C23H26N2O2S. The van der Waals surface area contributed by atoms with Gasteiger partial charge in [0.25, 0.3) is 0 Å². The normalized spacial score (nSPS) is 12.0. The van der Waals surface area contributed by atoms with E-state index in [2.05, 4.69) is 42.6 Å². The van der Waals surface area contributed by atoms with Gasteiger partial charge in [-0.1, -0.05) is 54.1 Å². The average Bonchev–Trinajstić information content (AvgIpc) is 3.22. The van der Waals surface area contributed by atoms with E-state index < -0.39 is 0 Å². The Labute approximate surface area is 170 Å². The van der Waals surface area contributed by atoms with E-state index in [9.17, 15) is 4.79 Å². The van der Waals surface area contributed by atoms with E-state index in [1.54, 1.807) is 11.3 Å². The molecule has 1 amide bonds. The second kappa shape index (κ2) is 10.1. The Morgan fingerprint density at radius 1 is 1.07 bits per heavy atom. The standard InChI is InChI=1S/C23H26N2O2S/c1-18-10-12-19(13-11-18)23(21-9-6-16-28-21)24-22(26)17-25(2)14-15-27-20-7-4-3-5-8-20/h3-13,16,23H,14-15,17H2,1-2H3,(H,24,26)/t23-/m0/s1. The highest BCUT2D eigenvalue weighted by Gasteiger charge is 2.18. The summed E-state index contributed by atoms with van der Waals surface area (Å²) in [6, 6.07) is 22.0. The van der Waals surface area contributed by atoms with Gasteiger partial charge in [0.15, 0.2) is 0 Å². The monoisotopic (exact) mass is 394 g/mol. The van der Waals surface area contributed by atoms with Gasteiger partial charge in [-0.05, 0) is 43.1 Å². The van der Waals surface area contributed by atoms with Crippen LogP contribution in [0.25, 0.3) is 0 Å². The van der Waals surface area contributed by atoms with Crippen LogP contribution in [-0.2, 0) is 4.79 Å². The quantitative estimate of drug-likeness (QED) is 0.589. The number of rotatable bonds is 9. The van der Waals surface area contributed by atoms with Crippen LogP contribution in [0.1, 0.15) is 22.0 Å². The van der Waals surface area contributed by atoms with Crippen molar-refractivity contribution in [1.29, 1.82) is 0 Å². The highest BCUT2D eigenvalue weighted by molar-refractivity contribution is 7.10. The number of hydrogen-bond acceptors (Lipinski definition) is 4. The summed E-state index contributed by atoms with van der Waals surface area (Å²) in [6.07, 6.45) is 0. The van der Waals surface area contributed by atoms with Crippen molar-refractivity contribution >= 4 is 17.2 Å². The molecule has 3 rings (SSSR count). The Kier molecular flexibility index (Phi) is 7.23. The minimum atomic E-state index is -0.123. The summed E-state index contributed by atoms with van der Waals surface area (Å²) in [5.74, 6) is 0.846. The molecule has 1 aromatic heterocycles. The molecule has 4 nitrogen and oxygen atoms in total. The van der Waals surface area contributed by atoms with Gasteiger partial charge in [0.2, 0.25) is 5.91 Å². The van der Waals surface area contributed by atoms with Crippen molar-refractivity contribution in [3.05, 3.63) is 88.1 Å². The second-order valence-electron chi connectivity index (χ2n) is 6.83. The Bertz CT molecular complexity index is 848. The van der Waals surface area contributed by atoms with Crippen LogP contribution in [-0.4, -0.2) is 37.6 Å². The van der Waals surface area contributed by atoms with Crippen molar-refractivity contribution in [2.45, 2.75) is 13.0 Å². The SMILES string of the molecule is Cc1ccc([C@H](NC(=O)CN(C)CCOc2ccccc2)c2cccs2)cc1. The topological polar surface area (TPSA) is 41.6 Å². The van der Waals surface area contributed by atoms with E-state index in [0.29, 0.717) is 19.7 Å². The van der Waals surface area contributed by atoms with Crippen LogP contribution < -0.4 is 10.1 Å². The fourth-order valence-corrected chi connectivity index (χ4v) is 3.70. The summed E-state index contributed by atoms with van der Waals surface area (Å²) >= 11 is 1.65. The lowest BCUT2D eigenvalue weighted by atomic mass is 10.0. The predicted octanol–water partition coefficient (Wildman–Crippen LogP) is 4.27. The zero-order valence-corrected chi connectivity index (χ0v) is 17.1. The number of amides is 1. The molecule has 5 heteroatoms. The van der Waals surface area contributed by atoms with Crippen LogP contribution in [0.4, 0.5) is 0 Å². The van der Waals surface area contributed by atoms with Crippen molar-refractivity contribution < 1.29 is 9.53 Å². The molecule has 1 atom stereocenters. The van der Waals surface area contributed by atoms with Crippen molar-refractivity contribution in [1.82, 2.24) is 10.2 Å². The summed E-state index contributed by atoms with van der Waals surface area (Å²) in [6.45, 7) is 3.61. The smallest absolute Gasteiger partial charge is 0.234 e. The van der Waals surface area contributed by atoms with Gasteiger partial charge in [0.1, 0.15) is 12.4 Å². The average molecular weight is 395 g/mol. The van der Waals surface area contributed by atoms with Gasteiger partial charge >= 0.3 is 0 Å². The van der Waals surface area contributed by atoms with Crippen molar-refractivity contribution in [3.63, 3.8) is 0 Å². The molecule has 0 unspecified atom stereocenters. The maximum atomic E-state index is 12.6. The molecular weight excluding hydrogens is 368 g/mol. The fourth-order valence-electron chi connectivity index (χ4n) is 2.90. The molecule has 3 aromatic rings. The summed E-state index contributed by atoms with van der Waals surface area (Å²) in [7, 11) is 1.93. The Morgan fingerprint density at radius 3 is 2.50 bits per heavy atom. The second-order valence-corrected chi connectivity index (χ2v) is 7.81. The molecule has 28 heavy (non-hydrogen) atoms. The largest absolute Gasteiger partial charge is 0.492 e. The molecule has 1 heterocycles. The lowest BCUT2D eigenvalue weighted by molar-refractivity contribution is -0.122. The molecule has 0 saturated carbocycles. The number of likely N-dealkylation sites (N-methyl/N-ethyl adjacent to an activating group) is 1. The van der Waals surface area contributed by atoms with E-state index >= 15 is 0 Å². The number of nitrogens with one attached hydrogen (secondary N) is 1. The number of carbonyl (C=O) groups is 1. The molecule has 0 bridgehead atoms. The summed E-state index contributed by atoms with van der Waals surface area (Å²) in [5.41, 5.74) is 2.30. The van der Waals surface area contributed by atoms with Crippen molar-refractivity contribution in [2.24, 2.45) is 0 Å². The van der Waals surface area contributed by atoms with E-state index in [0.717, 1.165) is 16.2 Å². The number of benzene rings is 2. The molecule has 1 N–H and O–H groups in total. The van der Waals surface area contributed by atoms with Gasteiger partial charge in [0, 0.05) is 11.4 Å². The van der Waals surface area contributed by atoms with Crippen LogP contribution in [0.5, 0.6) is 5.75 Å². The van der Waals surface area contributed by atoms with E-state index in [1.807, 2.05) is 53.7 Å². The Hall–Kier alpha value is -2.63. The number of nitrogens with zero attached hydrogens (tertiary/aromatic N) is 1. The first-order chi connectivity index (χ1) is 13.6. The van der Waals surface area contributed by atoms with Crippen LogP contribution in [0.3, 0.4) is 0 Å². The van der Waals surface area contributed by atoms with Gasteiger partial charge in [-0.3, -0.25) is 9.69 Å². The van der Waals surface area contributed by atoms with Crippen molar-refractivity contribution in [3.8, 4) is 5.75 Å². The zero-order chi connectivity index (χ0) is 19.8. The van der Waals surface area contributed by atoms with Gasteiger partial charge < -0.3 is 10.1 Å². The molecule has 0 fully saturated rings. The molecule has 146 valence electrons. The third kappa shape index (κ3) is 5.94. The van der Waals surface area contributed by atoms with Gasteiger partial charge in [0.05, 0.1) is 12.6 Å². The van der Waals surface area contributed by atoms with Crippen LogP contribution in [0.2, 0.25) is 0 Å². The van der Waals surface area contributed by atoms with Gasteiger partial charge in [-0.15, -0.1) is 11.3 Å². The highest BCUT2D eigenvalue weighted by Crippen LogP contribution is 2.26. The Balaban J connectivity index is 1.54. The third-order valence-corrected chi connectivity index (χ3v) is 5.38. The third-order valence-electron chi connectivity index (χ3n) is 4.44. The minimum Gasteiger partial charge on any atom is -0.492 e. The molecule has 0 spiro atoms. The maximum Gasteiger partial charge on any atom is 0.234 e. The first-order valence-corrected chi connectivity index (χ1v) is 10.3.